The third-order valence-corrected chi connectivity index (χ3v) is 5.35. The van der Waals surface area contributed by atoms with Gasteiger partial charge in [0.15, 0.2) is 0 Å². The second-order valence-electron chi connectivity index (χ2n) is 7.56. The van der Waals surface area contributed by atoms with E-state index in [1.54, 1.807) is 4.68 Å². The number of benzene rings is 1. The molecule has 2 heterocycles. The van der Waals surface area contributed by atoms with Gasteiger partial charge in [0, 0.05) is 45.1 Å². The lowest BCUT2D eigenvalue weighted by Crippen LogP contribution is -2.29. The number of rotatable bonds is 5. The minimum Gasteiger partial charge on any atom is -0.363 e. The number of amides is 2. The molecule has 0 atom stereocenters. The van der Waals surface area contributed by atoms with Crippen LogP contribution < -0.4 is 15.5 Å². The van der Waals surface area contributed by atoms with Crippen molar-refractivity contribution in [1.82, 2.24) is 20.1 Å². The van der Waals surface area contributed by atoms with E-state index < -0.39 is 0 Å². The molecule has 0 unspecified atom stereocenters. The van der Waals surface area contributed by atoms with Gasteiger partial charge in [0.05, 0.1) is 11.2 Å². The van der Waals surface area contributed by atoms with Crippen LogP contribution in [0.2, 0.25) is 0 Å². The summed E-state index contributed by atoms with van der Waals surface area (Å²) in [7, 11) is 5.78. The minimum atomic E-state index is -0.240. The number of urea groups is 1. The Labute approximate surface area is 164 Å². The maximum absolute atomic E-state index is 12.5. The van der Waals surface area contributed by atoms with Crippen LogP contribution in [0.5, 0.6) is 0 Å². The molecule has 0 spiro atoms. The number of fused-ring (bicyclic) bond motifs is 1. The molecule has 7 heteroatoms. The van der Waals surface area contributed by atoms with Crippen molar-refractivity contribution in [2.45, 2.75) is 31.7 Å². The molecule has 28 heavy (non-hydrogen) atoms. The molecule has 1 saturated carbocycles. The summed E-state index contributed by atoms with van der Waals surface area (Å²) in [5.74, 6) is 2.12. The first-order chi connectivity index (χ1) is 13.5. The van der Waals surface area contributed by atoms with Gasteiger partial charge >= 0.3 is 6.03 Å². The van der Waals surface area contributed by atoms with Crippen LogP contribution in [0.15, 0.2) is 36.4 Å². The van der Waals surface area contributed by atoms with Crippen LogP contribution in [0.4, 0.5) is 16.4 Å². The van der Waals surface area contributed by atoms with Crippen molar-refractivity contribution >= 4 is 28.6 Å². The Morgan fingerprint density at radius 2 is 2.04 bits per heavy atom. The minimum absolute atomic E-state index is 0.240. The molecule has 2 N–H and O–H groups in total. The second kappa shape index (κ2) is 7.50. The van der Waals surface area contributed by atoms with E-state index in [-0.39, 0.29) is 6.03 Å². The molecule has 0 aliphatic heterocycles. The number of nitrogens with zero attached hydrogens (tertiary/aromatic N) is 4. The van der Waals surface area contributed by atoms with Crippen LogP contribution in [0.3, 0.4) is 0 Å². The first-order valence-electron chi connectivity index (χ1n) is 9.66. The van der Waals surface area contributed by atoms with Crippen LogP contribution in [0.25, 0.3) is 10.9 Å². The molecule has 146 valence electrons. The lowest BCUT2D eigenvalue weighted by atomic mass is 9.83. The molecule has 2 aromatic heterocycles. The average molecular weight is 378 g/mol. The summed E-state index contributed by atoms with van der Waals surface area (Å²) in [4.78, 5) is 19.1. The summed E-state index contributed by atoms with van der Waals surface area (Å²) in [5.41, 5.74) is 3.02. The molecule has 0 bridgehead atoms. The molecule has 0 saturated heterocycles. The van der Waals surface area contributed by atoms with Gasteiger partial charge in [-0.1, -0.05) is 24.6 Å². The molecular formula is C21H26N6O. The average Bonchev–Trinajstić information content (AvgIpc) is 2.97. The quantitative estimate of drug-likeness (QED) is 0.711. The summed E-state index contributed by atoms with van der Waals surface area (Å²) >= 11 is 0. The van der Waals surface area contributed by atoms with Gasteiger partial charge in [0.1, 0.15) is 11.6 Å². The van der Waals surface area contributed by atoms with Crippen LogP contribution >= 0.6 is 0 Å². The molecule has 2 amide bonds. The molecule has 3 aromatic rings. The maximum atomic E-state index is 12.5. The Morgan fingerprint density at radius 1 is 1.25 bits per heavy atom. The third-order valence-electron chi connectivity index (χ3n) is 5.35. The molecule has 0 radical (unpaired) electrons. The third kappa shape index (κ3) is 3.65. The predicted molar refractivity (Wildman–Crippen MR) is 112 cm³/mol. The first-order valence-corrected chi connectivity index (χ1v) is 9.66. The van der Waals surface area contributed by atoms with E-state index in [9.17, 15) is 4.79 Å². The number of hydrogen-bond acceptors (Lipinski definition) is 4. The number of pyridine rings is 1. The number of aromatic nitrogens is 3. The maximum Gasteiger partial charge on any atom is 0.320 e. The fourth-order valence-electron chi connectivity index (χ4n) is 3.45. The summed E-state index contributed by atoms with van der Waals surface area (Å²) in [6.07, 6.45) is 3.64. The van der Waals surface area contributed by atoms with Crippen molar-refractivity contribution in [2.75, 3.05) is 24.3 Å². The zero-order valence-electron chi connectivity index (χ0n) is 16.6. The largest absolute Gasteiger partial charge is 0.363 e. The molecule has 1 aliphatic carbocycles. The Bertz CT molecular complexity index is 1010. The summed E-state index contributed by atoms with van der Waals surface area (Å²) in [6.45, 7) is 0.420. The van der Waals surface area contributed by atoms with Gasteiger partial charge in [-0.3, -0.25) is 10.00 Å². The Hall–Kier alpha value is -3.09. The van der Waals surface area contributed by atoms with Crippen LogP contribution in [0, 0.1) is 0 Å². The molecule has 7 nitrogen and oxygen atoms in total. The van der Waals surface area contributed by atoms with E-state index in [2.05, 4.69) is 20.7 Å². The van der Waals surface area contributed by atoms with Crippen molar-refractivity contribution < 1.29 is 4.79 Å². The molecule has 1 aliphatic rings. The number of hydrogen-bond donors (Lipinski definition) is 2. The smallest absolute Gasteiger partial charge is 0.320 e. The number of anilines is 2. The van der Waals surface area contributed by atoms with Gasteiger partial charge in [0.2, 0.25) is 0 Å². The zero-order valence-corrected chi connectivity index (χ0v) is 16.6. The highest BCUT2D eigenvalue weighted by Gasteiger charge is 2.23. The highest BCUT2D eigenvalue weighted by molar-refractivity contribution is 5.89. The number of para-hydroxylation sites is 1. The highest BCUT2D eigenvalue weighted by Crippen LogP contribution is 2.36. The van der Waals surface area contributed by atoms with Crippen LogP contribution in [-0.2, 0) is 13.6 Å². The summed E-state index contributed by atoms with van der Waals surface area (Å²) in [5, 5.41) is 11.5. The van der Waals surface area contributed by atoms with Crippen LogP contribution in [-0.4, -0.2) is 34.9 Å². The predicted octanol–water partition coefficient (Wildman–Crippen LogP) is 3.62. The van der Waals surface area contributed by atoms with Crippen molar-refractivity contribution in [3.8, 4) is 0 Å². The van der Waals surface area contributed by atoms with Gasteiger partial charge in [-0.2, -0.15) is 5.10 Å². The SMILES string of the molecule is CN(C)c1cc(CNC(=O)Nc2cc(C3CCC3)nn2C)c2ccccc2n1. The second-order valence-corrected chi connectivity index (χ2v) is 7.56. The number of carbonyl (C=O) groups is 1. The lowest BCUT2D eigenvalue weighted by Gasteiger charge is -2.22. The fraction of sp³-hybridized carbons (Fsp3) is 0.381. The van der Waals surface area contributed by atoms with Gasteiger partial charge in [-0.25, -0.2) is 9.78 Å². The Kier molecular flexibility index (Phi) is 4.90. The first kappa shape index (κ1) is 18.3. The van der Waals surface area contributed by atoms with E-state index in [4.69, 9.17) is 0 Å². The molecule has 4 rings (SSSR count). The van der Waals surface area contributed by atoms with Crippen molar-refractivity contribution in [2.24, 2.45) is 7.05 Å². The number of nitrogens with one attached hydrogen (secondary N) is 2. The van der Waals surface area contributed by atoms with Crippen molar-refractivity contribution in [3.05, 3.63) is 47.7 Å². The van der Waals surface area contributed by atoms with E-state index >= 15 is 0 Å². The summed E-state index contributed by atoms with van der Waals surface area (Å²) < 4.78 is 1.74. The van der Waals surface area contributed by atoms with Crippen LogP contribution in [0.1, 0.15) is 36.4 Å². The normalized spacial score (nSPS) is 14.0. The number of aryl methyl sites for hydroxylation is 1. The monoisotopic (exact) mass is 378 g/mol. The van der Waals surface area contributed by atoms with Crippen molar-refractivity contribution in [1.29, 1.82) is 0 Å². The Morgan fingerprint density at radius 3 is 2.75 bits per heavy atom. The number of carbonyl (C=O) groups excluding carboxylic acids is 1. The summed E-state index contributed by atoms with van der Waals surface area (Å²) in [6, 6.07) is 11.7. The van der Waals surface area contributed by atoms with E-state index in [0.29, 0.717) is 18.3 Å². The van der Waals surface area contributed by atoms with E-state index in [1.165, 1.54) is 19.3 Å². The van der Waals surface area contributed by atoms with Gasteiger partial charge in [0.25, 0.3) is 0 Å². The van der Waals surface area contributed by atoms with E-state index in [0.717, 1.165) is 28.0 Å². The van der Waals surface area contributed by atoms with Gasteiger partial charge in [-0.05, 0) is 30.5 Å². The van der Waals surface area contributed by atoms with Crippen molar-refractivity contribution in [3.63, 3.8) is 0 Å². The zero-order chi connectivity index (χ0) is 19.7. The Balaban J connectivity index is 1.47. The highest BCUT2D eigenvalue weighted by atomic mass is 16.2. The fourth-order valence-corrected chi connectivity index (χ4v) is 3.45. The topological polar surface area (TPSA) is 75.1 Å². The van der Waals surface area contributed by atoms with E-state index in [1.807, 2.05) is 62.4 Å². The standard InChI is InChI=1S/C21H26N6O/c1-26(2)19-11-15(16-9-4-5-10-17(16)23-19)13-22-21(28)24-20-12-18(25-27(20)3)14-7-6-8-14/h4-5,9-12,14H,6-8,13H2,1-3H3,(H2,22,24,28). The molecular weight excluding hydrogens is 352 g/mol. The molecule has 1 aromatic carbocycles. The lowest BCUT2D eigenvalue weighted by molar-refractivity contribution is 0.251. The molecule has 1 fully saturated rings. The van der Waals surface area contributed by atoms with Gasteiger partial charge < -0.3 is 10.2 Å². The van der Waals surface area contributed by atoms with Gasteiger partial charge in [-0.15, -0.1) is 0 Å².